The molecular weight excluding hydrogens is 410 g/mol. The molecule has 0 atom stereocenters. The van der Waals surface area contributed by atoms with E-state index in [4.69, 9.17) is 11.8 Å². The number of fused-ring (bicyclic) bond motifs is 3. The minimum Gasteiger partial charge on any atom is -0.308 e. The van der Waals surface area contributed by atoms with Gasteiger partial charge in [0.1, 0.15) is 12.1 Å². The zero-order valence-corrected chi connectivity index (χ0v) is 17.0. The van der Waals surface area contributed by atoms with E-state index < -0.39 is 0 Å². The van der Waals surface area contributed by atoms with E-state index in [-0.39, 0.29) is 0 Å². The third kappa shape index (κ3) is 3.11. The Balaban J connectivity index is 1.78. The summed E-state index contributed by atoms with van der Waals surface area (Å²) in [5, 5.41) is 29.9. The van der Waals surface area contributed by atoms with Crippen LogP contribution in [0.1, 0.15) is 16.7 Å². The van der Waals surface area contributed by atoms with E-state index in [1.807, 2.05) is 34.9 Å². The predicted octanol–water partition coefficient (Wildman–Crippen LogP) is 5.41. The van der Waals surface area contributed by atoms with Crippen LogP contribution in [0.5, 0.6) is 0 Å². The van der Waals surface area contributed by atoms with Gasteiger partial charge in [-0.2, -0.15) is 15.8 Å². The maximum Gasteiger partial charge on any atom is 0.188 e. The van der Waals surface area contributed by atoms with Crippen LogP contribution in [0.3, 0.4) is 0 Å². The maximum absolute atomic E-state index is 9.95. The van der Waals surface area contributed by atoms with E-state index in [0.29, 0.717) is 39.5 Å². The Hall–Kier alpha value is -5.50. The van der Waals surface area contributed by atoms with Crippen LogP contribution in [0.25, 0.3) is 43.7 Å². The summed E-state index contributed by atoms with van der Waals surface area (Å²) in [7, 11) is 0. The molecule has 33 heavy (non-hydrogen) atoms. The summed E-state index contributed by atoms with van der Waals surface area (Å²) in [6.45, 7) is 7.36. The van der Waals surface area contributed by atoms with Gasteiger partial charge < -0.3 is 4.57 Å². The lowest BCUT2D eigenvalue weighted by Gasteiger charge is -2.11. The van der Waals surface area contributed by atoms with Gasteiger partial charge in [-0.3, -0.25) is 0 Å². The molecule has 0 saturated carbocycles. The smallest absolute Gasteiger partial charge is 0.188 e. The Morgan fingerprint density at radius 2 is 1.45 bits per heavy atom. The summed E-state index contributed by atoms with van der Waals surface area (Å²) in [5.74, 6) is 0.416. The van der Waals surface area contributed by atoms with Crippen molar-refractivity contribution in [2.45, 2.75) is 0 Å². The first-order valence-electron chi connectivity index (χ1n) is 9.79. The van der Waals surface area contributed by atoms with Gasteiger partial charge in [0.2, 0.25) is 0 Å². The minimum atomic E-state index is 0.358. The Bertz CT molecular complexity index is 1680. The van der Waals surface area contributed by atoms with Crippen molar-refractivity contribution in [3.63, 3.8) is 0 Å². The first-order valence-corrected chi connectivity index (χ1v) is 9.79. The Morgan fingerprint density at radius 3 is 2.12 bits per heavy atom. The number of nitriles is 3. The monoisotopic (exact) mass is 421 g/mol. The molecule has 0 spiro atoms. The molecule has 0 bridgehead atoms. The lowest BCUT2D eigenvalue weighted by Crippen LogP contribution is -1.99. The Kier molecular flexibility index (Phi) is 4.50. The SMILES string of the molecule is [C-]#[N+]c1ccc2c(c1)c1cc(C#N)ccc1n2-c1ccc(-c2ncc(C#N)cn2)cc1C#N. The average molecular weight is 421 g/mol. The summed E-state index contributed by atoms with van der Waals surface area (Å²) in [4.78, 5) is 12.0. The highest BCUT2D eigenvalue weighted by atomic mass is 15.0. The second-order valence-corrected chi connectivity index (χ2v) is 7.24. The molecule has 5 rings (SSSR count). The van der Waals surface area contributed by atoms with Gasteiger partial charge in [-0.1, -0.05) is 6.07 Å². The van der Waals surface area contributed by atoms with Crippen LogP contribution in [-0.2, 0) is 0 Å². The van der Waals surface area contributed by atoms with Crippen molar-refractivity contribution in [3.05, 3.63) is 95.1 Å². The molecule has 0 saturated heterocycles. The van der Waals surface area contributed by atoms with Gasteiger partial charge in [0.15, 0.2) is 11.5 Å². The molecule has 0 aliphatic carbocycles. The first-order chi connectivity index (χ1) is 16.2. The third-order valence-corrected chi connectivity index (χ3v) is 5.40. The zero-order chi connectivity index (χ0) is 22.9. The second-order valence-electron chi connectivity index (χ2n) is 7.24. The Morgan fingerprint density at radius 1 is 0.758 bits per heavy atom. The van der Waals surface area contributed by atoms with E-state index in [2.05, 4.69) is 27.0 Å². The summed E-state index contributed by atoms with van der Waals surface area (Å²) >= 11 is 0. The van der Waals surface area contributed by atoms with Crippen LogP contribution in [0, 0.1) is 40.6 Å². The lowest BCUT2D eigenvalue weighted by atomic mass is 10.1. The molecule has 3 aromatic carbocycles. The molecule has 7 nitrogen and oxygen atoms in total. The van der Waals surface area contributed by atoms with Crippen LogP contribution < -0.4 is 0 Å². The van der Waals surface area contributed by atoms with Gasteiger partial charge in [0, 0.05) is 23.3 Å². The highest BCUT2D eigenvalue weighted by Crippen LogP contribution is 2.36. The van der Waals surface area contributed by atoms with Gasteiger partial charge >= 0.3 is 0 Å². The molecule has 2 aromatic heterocycles. The Labute approximate surface area is 188 Å². The molecular formula is C26H11N7. The fraction of sp³-hybridized carbons (Fsp3) is 0. The molecule has 0 aliphatic rings. The average Bonchev–Trinajstić information content (AvgIpc) is 3.20. The molecule has 150 valence electrons. The minimum absolute atomic E-state index is 0.358. The molecule has 2 heterocycles. The molecule has 0 amide bonds. The van der Waals surface area contributed by atoms with Gasteiger partial charge in [0.25, 0.3) is 0 Å². The largest absolute Gasteiger partial charge is 0.308 e. The summed E-state index contributed by atoms with van der Waals surface area (Å²) in [5.41, 5.74) is 4.75. The topological polar surface area (TPSA) is 106 Å². The normalized spacial score (nSPS) is 10.3. The number of benzene rings is 3. The van der Waals surface area contributed by atoms with Gasteiger partial charge in [0.05, 0.1) is 46.1 Å². The van der Waals surface area contributed by atoms with Gasteiger partial charge in [-0.25, -0.2) is 14.8 Å². The fourth-order valence-corrected chi connectivity index (χ4v) is 3.90. The predicted molar refractivity (Wildman–Crippen MR) is 122 cm³/mol. The first kappa shape index (κ1) is 19.5. The van der Waals surface area contributed by atoms with Crippen molar-refractivity contribution in [1.29, 1.82) is 15.8 Å². The maximum atomic E-state index is 9.95. The van der Waals surface area contributed by atoms with Crippen LogP contribution in [-0.4, -0.2) is 14.5 Å². The molecule has 0 N–H and O–H groups in total. The zero-order valence-electron chi connectivity index (χ0n) is 17.0. The van der Waals surface area contributed by atoms with E-state index in [9.17, 15) is 10.5 Å². The van der Waals surface area contributed by atoms with Crippen molar-refractivity contribution < 1.29 is 0 Å². The molecule has 0 aliphatic heterocycles. The standard InChI is InChI=1S/C26H11N7/c1-30-20-4-7-25-22(10-20)21-8-16(11-27)2-5-24(21)33(25)23-6-3-18(9-19(23)13-29)26-31-14-17(12-28)15-32-26/h2-10,14-15H. The van der Waals surface area contributed by atoms with Crippen LogP contribution in [0.4, 0.5) is 5.69 Å². The molecule has 0 fully saturated rings. The van der Waals surface area contributed by atoms with Crippen LogP contribution in [0.15, 0.2) is 67.0 Å². The second kappa shape index (κ2) is 7.64. The summed E-state index contributed by atoms with van der Waals surface area (Å²) in [6, 6.07) is 22.6. The number of hydrogen-bond donors (Lipinski definition) is 0. The molecule has 7 heteroatoms. The summed E-state index contributed by atoms with van der Waals surface area (Å²) in [6.07, 6.45) is 2.88. The lowest BCUT2D eigenvalue weighted by molar-refractivity contribution is 1.14. The quantitative estimate of drug-likeness (QED) is 0.354. The van der Waals surface area contributed by atoms with Crippen LogP contribution >= 0.6 is 0 Å². The highest BCUT2D eigenvalue weighted by Gasteiger charge is 2.17. The number of hydrogen-bond acceptors (Lipinski definition) is 5. The third-order valence-electron chi connectivity index (χ3n) is 5.40. The van der Waals surface area contributed by atoms with Crippen molar-refractivity contribution in [1.82, 2.24) is 14.5 Å². The number of nitrogens with zero attached hydrogens (tertiary/aromatic N) is 7. The summed E-state index contributed by atoms with van der Waals surface area (Å²) < 4.78 is 1.96. The fourth-order valence-electron chi connectivity index (χ4n) is 3.90. The van der Waals surface area contributed by atoms with Crippen LogP contribution in [0.2, 0.25) is 0 Å². The van der Waals surface area contributed by atoms with Gasteiger partial charge in [-0.05, 0) is 53.9 Å². The molecule has 0 radical (unpaired) electrons. The van der Waals surface area contributed by atoms with Crippen molar-refractivity contribution >= 4 is 27.5 Å². The number of rotatable bonds is 2. The van der Waals surface area contributed by atoms with Crippen molar-refractivity contribution in [2.24, 2.45) is 0 Å². The number of aromatic nitrogens is 3. The molecule has 5 aromatic rings. The molecule has 0 unspecified atom stereocenters. The van der Waals surface area contributed by atoms with Gasteiger partial charge in [-0.15, -0.1) is 0 Å². The van der Waals surface area contributed by atoms with E-state index in [1.54, 1.807) is 30.3 Å². The van der Waals surface area contributed by atoms with Crippen molar-refractivity contribution in [2.75, 3.05) is 0 Å². The van der Waals surface area contributed by atoms with Crippen molar-refractivity contribution in [3.8, 4) is 35.3 Å². The van der Waals surface area contributed by atoms with E-state index in [1.165, 1.54) is 12.4 Å². The van der Waals surface area contributed by atoms with E-state index >= 15 is 0 Å². The van der Waals surface area contributed by atoms with E-state index in [0.717, 1.165) is 21.8 Å². The highest BCUT2D eigenvalue weighted by molar-refractivity contribution is 6.10.